The monoisotopic (exact) mass is 257 g/mol. The largest absolute Gasteiger partial charge is 0.461 e. The molecule has 100 valence electrons. The summed E-state index contributed by atoms with van der Waals surface area (Å²) in [6.07, 6.45) is 1.95. The molecule has 2 aromatic rings. The standard InChI is InChI=1S/C16H19NO2/c1-12(2)13-5-7-14(8-6-13)17-10-9-15(18)16-4-3-11-19-16/h3-8,11-12,17H,9-10H2,1-2H3. The first-order valence-electron chi connectivity index (χ1n) is 6.57. The lowest BCUT2D eigenvalue weighted by molar-refractivity contribution is 0.0960. The van der Waals surface area contributed by atoms with Crippen molar-refractivity contribution >= 4 is 11.5 Å². The van der Waals surface area contributed by atoms with Crippen molar-refractivity contribution in [2.75, 3.05) is 11.9 Å². The van der Waals surface area contributed by atoms with Crippen LogP contribution in [0, 0.1) is 0 Å². The Morgan fingerprint density at radius 1 is 1.21 bits per heavy atom. The fourth-order valence-corrected chi connectivity index (χ4v) is 1.87. The van der Waals surface area contributed by atoms with Crippen molar-refractivity contribution in [2.24, 2.45) is 0 Å². The third-order valence-corrected chi connectivity index (χ3v) is 3.05. The molecular weight excluding hydrogens is 238 g/mol. The van der Waals surface area contributed by atoms with Crippen molar-refractivity contribution in [1.29, 1.82) is 0 Å². The van der Waals surface area contributed by atoms with Gasteiger partial charge in [-0.25, -0.2) is 0 Å². The summed E-state index contributed by atoms with van der Waals surface area (Å²) in [5.41, 5.74) is 2.36. The number of carbonyl (C=O) groups is 1. The number of carbonyl (C=O) groups excluding carboxylic acids is 1. The highest BCUT2D eigenvalue weighted by Crippen LogP contribution is 2.17. The summed E-state index contributed by atoms with van der Waals surface area (Å²) in [4.78, 5) is 11.7. The van der Waals surface area contributed by atoms with E-state index >= 15 is 0 Å². The van der Waals surface area contributed by atoms with Crippen molar-refractivity contribution < 1.29 is 9.21 Å². The van der Waals surface area contributed by atoms with E-state index in [0.717, 1.165) is 5.69 Å². The number of anilines is 1. The number of nitrogens with one attached hydrogen (secondary N) is 1. The second-order valence-corrected chi connectivity index (χ2v) is 4.85. The number of Topliss-reactive ketones (excluding diaryl/α,β-unsaturated/α-hetero) is 1. The Labute approximate surface area is 113 Å². The summed E-state index contributed by atoms with van der Waals surface area (Å²) in [6.45, 7) is 4.95. The van der Waals surface area contributed by atoms with E-state index in [2.05, 4.69) is 31.3 Å². The number of rotatable bonds is 6. The zero-order valence-corrected chi connectivity index (χ0v) is 11.3. The molecule has 0 saturated carbocycles. The molecule has 0 fully saturated rings. The number of ketones is 1. The third kappa shape index (κ3) is 3.71. The van der Waals surface area contributed by atoms with E-state index in [1.165, 1.54) is 11.8 Å². The van der Waals surface area contributed by atoms with E-state index in [-0.39, 0.29) is 5.78 Å². The third-order valence-electron chi connectivity index (χ3n) is 3.05. The van der Waals surface area contributed by atoms with Gasteiger partial charge in [0, 0.05) is 18.7 Å². The second kappa shape index (κ2) is 6.23. The molecule has 1 aromatic carbocycles. The smallest absolute Gasteiger partial charge is 0.199 e. The quantitative estimate of drug-likeness (QED) is 0.792. The Kier molecular flexibility index (Phi) is 4.39. The van der Waals surface area contributed by atoms with Crippen LogP contribution in [0.25, 0.3) is 0 Å². The van der Waals surface area contributed by atoms with E-state index in [9.17, 15) is 4.79 Å². The minimum atomic E-state index is 0.0244. The van der Waals surface area contributed by atoms with Crippen LogP contribution in [0.5, 0.6) is 0 Å². The summed E-state index contributed by atoms with van der Waals surface area (Å²) in [7, 11) is 0. The van der Waals surface area contributed by atoms with Crippen LogP contribution in [-0.2, 0) is 0 Å². The van der Waals surface area contributed by atoms with Gasteiger partial charge in [0.25, 0.3) is 0 Å². The predicted molar refractivity (Wildman–Crippen MR) is 76.7 cm³/mol. The Hall–Kier alpha value is -2.03. The van der Waals surface area contributed by atoms with E-state index in [0.29, 0.717) is 24.6 Å². The van der Waals surface area contributed by atoms with Crippen LogP contribution in [0.4, 0.5) is 5.69 Å². The van der Waals surface area contributed by atoms with Crippen molar-refractivity contribution in [3.05, 3.63) is 54.0 Å². The number of furan rings is 1. The molecule has 0 bridgehead atoms. The fraction of sp³-hybridized carbons (Fsp3) is 0.312. The maximum Gasteiger partial charge on any atom is 0.199 e. The molecule has 1 N–H and O–H groups in total. The predicted octanol–water partition coefficient (Wildman–Crippen LogP) is 4.09. The molecule has 0 spiro atoms. The van der Waals surface area contributed by atoms with Gasteiger partial charge in [-0.1, -0.05) is 26.0 Å². The first kappa shape index (κ1) is 13.4. The van der Waals surface area contributed by atoms with Gasteiger partial charge < -0.3 is 9.73 Å². The van der Waals surface area contributed by atoms with Gasteiger partial charge in [-0.05, 0) is 35.7 Å². The SMILES string of the molecule is CC(C)c1ccc(NCCC(=O)c2ccco2)cc1. The van der Waals surface area contributed by atoms with Crippen molar-refractivity contribution in [3.8, 4) is 0 Å². The number of benzene rings is 1. The lowest BCUT2D eigenvalue weighted by Gasteiger charge is -2.08. The highest BCUT2D eigenvalue weighted by Gasteiger charge is 2.07. The van der Waals surface area contributed by atoms with Gasteiger partial charge in [0.1, 0.15) is 0 Å². The van der Waals surface area contributed by atoms with Gasteiger partial charge in [-0.2, -0.15) is 0 Å². The van der Waals surface area contributed by atoms with Crippen molar-refractivity contribution in [1.82, 2.24) is 0 Å². The summed E-state index contributed by atoms with van der Waals surface area (Å²) in [5, 5.41) is 3.24. The zero-order valence-electron chi connectivity index (χ0n) is 11.3. The lowest BCUT2D eigenvalue weighted by atomic mass is 10.0. The van der Waals surface area contributed by atoms with Gasteiger partial charge in [0.15, 0.2) is 11.5 Å². The molecule has 3 heteroatoms. The van der Waals surface area contributed by atoms with Crippen LogP contribution in [0.3, 0.4) is 0 Å². The van der Waals surface area contributed by atoms with Gasteiger partial charge >= 0.3 is 0 Å². The van der Waals surface area contributed by atoms with Crippen molar-refractivity contribution in [3.63, 3.8) is 0 Å². The molecular formula is C16H19NO2. The normalized spacial score (nSPS) is 10.7. The molecule has 0 aliphatic rings. The van der Waals surface area contributed by atoms with Gasteiger partial charge in [0.2, 0.25) is 0 Å². The number of hydrogen-bond acceptors (Lipinski definition) is 3. The Morgan fingerprint density at radius 2 is 1.95 bits per heavy atom. The van der Waals surface area contributed by atoms with E-state index in [4.69, 9.17) is 4.42 Å². The van der Waals surface area contributed by atoms with Gasteiger partial charge in [-0.3, -0.25) is 4.79 Å². The van der Waals surface area contributed by atoms with E-state index in [1.807, 2.05) is 12.1 Å². The minimum Gasteiger partial charge on any atom is -0.461 e. The Bertz CT molecular complexity index is 512. The molecule has 2 rings (SSSR count). The first-order chi connectivity index (χ1) is 9.16. The van der Waals surface area contributed by atoms with Crippen LogP contribution in [-0.4, -0.2) is 12.3 Å². The first-order valence-corrected chi connectivity index (χ1v) is 6.57. The fourth-order valence-electron chi connectivity index (χ4n) is 1.87. The van der Waals surface area contributed by atoms with Crippen LogP contribution in [0.2, 0.25) is 0 Å². The Morgan fingerprint density at radius 3 is 2.53 bits per heavy atom. The zero-order chi connectivity index (χ0) is 13.7. The topological polar surface area (TPSA) is 42.2 Å². The highest BCUT2D eigenvalue weighted by atomic mass is 16.3. The molecule has 3 nitrogen and oxygen atoms in total. The molecule has 1 heterocycles. The molecule has 19 heavy (non-hydrogen) atoms. The molecule has 0 amide bonds. The summed E-state index contributed by atoms with van der Waals surface area (Å²) in [5.74, 6) is 0.989. The second-order valence-electron chi connectivity index (χ2n) is 4.85. The average molecular weight is 257 g/mol. The van der Waals surface area contributed by atoms with Crippen LogP contribution in [0.1, 0.15) is 42.3 Å². The van der Waals surface area contributed by atoms with Gasteiger partial charge in [0.05, 0.1) is 6.26 Å². The molecule has 0 radical (unpaired) electrons. The molecule has 0 saturated heterocycles. The Balaban J connectivity index is 1.81. The van der Waals surface area contributed by atoms with Gasteiger partial charge in [-0.15, -0.1) is 0 Å². The average Bonchev–Trinajstić information content (AvgIpc) is 2.93. The molecule has 0 atom stereocenters. The summed E-state index contributed by atoms with van der Waals surface area (Å²) >= 11 is 0. The molecule has 0 aliphatic heterocycles. The molecule has 1 aromatic heterocycles. The summed E-state index contributed by atoms with van der Waals surface area (Å²) in [6, 6.07) is 11.7. The number of hydrogen-bond donors (Lipinski definition) is 1. The van der Waals surface area contributed by atoms with Crippen LogP contribution < -0.4 is 5.32 Å². The molecule has 0 aliphatic carbocycles. The minimum absolute atomic E-state index is 0.0244. The summed E-state index contributed by atoms with van der Waals surface area (Å²) < 4.78 is 5.06. The molecule has 0 unspecified atom stereocenters. The highest BCUT2D eigenvalue weighted by molar-refractivity contribution is 5.93. The van der Waals surface area contributed by atoms with Crippen molar-refractivity contribution in [2.45, 2.75) is 26.2 Å². The maximum absolute atomic E-state index is 11.7. The van der Waals surface area contributed by atoms with E-state index < -0.39 is 0 Å². The lowest BCUT2D eigenvalue weighted by Crippen LogP contribution is -2.08. The maximum atomic E-state index is 11.7. The van der Waals surface area contributed by atoms with E-state index in [1.54, 1.807) is 12.1 Å². The van der Waals surface area contributed by atoms with Crippen LogP contribution in [0.15, 0.2) is 47.1 Å². The van der Waals surface area contributed by atoms with Crippen LogP contribution >= 0.6 is 0 Å².